The van der Waals surface area contributed by atoms with Gasteiger partial charge in [0.2, 0.25) is 5.43 Å². The van der Waals surface area contributed by atoms with E-state index in [9.17, 15) is 14.7 Å². The summed E-state index contributed by atoms with van der Waals surface area (Å²) < 4.78 is 17.0. The maximum atomic E-state index is 15.2. The molecule has 3 aromatic rings. The first kappa shape index (κ1) is 19.8. The summed E-state index contributed by atoms with van der Waals surface area (Å²) >= 11 is 0. The molecule has 1 atom stereocenters. The third kappa shape index (κ3) is 3.39. The van der Waals surface area contributed by atoms with Gasteiger partial charge in [0.1, 0.15) is 11.4 Å². The van der Waals surface area contributed by atoms with Crippen LogP contribution in [0.4, 0.5) is 10.1 Å². The number of aromatic carboxylic acids is 1. The Morgan fingerprint density at radius 2 is 1.97 bits per heavy atom. The molecule has 2 heterocycles. The first-order valence-electron chi connectivity index (χ1n) is 10.6. The summed E-state index contributed by atoms with van der Waals surface area (Å²) in [7, 11) is 0. The highest BCUT2D eigenvalue weighted by atomic mass is 19.1. The highest BCUT2D eigenvalue weighted by Gasteiger charge is 2.30. The molecular weight excluding hydrogens is 397 g/mol. The Balaban J connectivity index is 1.56. The molecule has 31 heavy (non-hydrogen) atoms. The van der Waals surface area contributed by atoms with Crippen LogP contribution in [0.1, 0.15) is 52.7 Å². The van der Waals surface area contributed by atoms with Crippen LogP contribution in [0.25, 0.3) is 10.9 Å². The number of nitrogens with zero attached hydrogens (tertiary/aromatic N) is 2. The molecule has 1 aromatic heterocycles. The fraction of sp³-hybridized carbons (Fsp3) is 0.333. The zero-order valence-corrected chi connectivity index (χ0v) is 17.1. The molecule has 1 unspecified atom stereocenters. The summed E-state index contributed by atoms with van der Waals surface area (Å²) in [6.07, 6.45) is 4.15. The lowest BCUT2D eigenvalue weighted by Crippen LogP contribution is -2.23. The second kappa shape index (κ2) is 7.50. The van der Waals surface area contributed by atoms with Gasteiger partial charge in [0.05, 0.1) is 11.2 Å². The van der Waals surface area contributed by atoms with E-state index < -0.39 is 17.2 Å². The minimum Gasteiger partial charge on any atom is -0.477 e. The molecule has 5 rings (SSSR count). The van der Waals surface area contributed by atoms with Gasteiger partial charge in [-0.25, -0.2) is 9.18 Å². The van der Waals surface area contributed by atoms with E-state index in [1.807, 2.05) is 27.7 Å². The Morgan fingerprint density at radius 3 is 2.68 bits per heavy atom. The lowest BCUT2D eigenvalue weighted by atomic mass is 9.93. The summed E-state index contributed by atoms with van der Waals surface area (Å²) in [6.45, 7) is 1.84. The highest BCUT2D eigenvalue weighted by molar-refractivity contribution is 5.93. The number of nitrogens with two attached hydrogens (primary N) is 1. The van der Waals surface area contributed by atoms with Crippen LogP contribution in [0.3, 0.4) is 0 Å². The van der Waals surface area contributed by atoms with Crippen molar-refractivity contribution in [1.29, 1.82) is 0 Å². The van der Waals surface area contributed by atoms with Gasteiger partial charge in [-0.3, -0.25) is 4.79 Å². The molecule has 2 fully saturated rings. The van der Waals surface area contributed by atoms with E-state index in [1.165, 1.54) is 17.8 Å². The molecule has 0 bridgehead atoms. The molecule has 1 saturated carbocycles. The Morgan fingerprint density at radius 1 is 1.19 bits per heavy atom. The fourth-order valence-electron chi connectivity index (χ4n) is 4.76. The predicted octanol–water partition coefficient (Wildman–Crippen LogP) is 3.63. The van der Waals surface area contributed by atoms with E-state index in [-0.39, 0.29) is 22.9 Å². The molecule has 2 aliphatic rings. The van der Waals surface area contributed by atoms with Crippen LogP contribution in [0, 0.1) is 5.82 Å². The molecule has 1 aliphatic carbocycles. The van der Waals surface area contributed by atoms with Crippen LogP contribution in [-0.4, -0.2) is 28.7 Å². The summed E-state index contributed by atoms with van der Waals surface area (Å²) in [5.41, 5.74) is 8.31. The molecule has 160 valence electrons. The second-order valence-electron chi connectivity index (χ2n) is 8.47. The van der Waals surface area contributed by atoms with Gasteiger partial charge in [-0.2, -0.15) is 0 Å². The van der Waals surface area contributed by atoms with Gasteiger partial charge in [0.15, 0.2) is 0 Å². The van der Waals surface area contributed by atoms with Crippen molar-refractivity contribution < 1.29 is 14.3 Å². The number of halogens is 1. The summed E-state index contributed by atoms with van der Waals surface area (Å²) in [4.78, 5) is 26.2. The zero-order valence-electron chi connectivity index (χ0n) is 17.1. The third-order valence-corrected chi connectivity index (χ3v) is 6.52. The van der Waals surface area contributed by atoms with E-state index in [4.69, 9.17) is 5.73 Å². The smallest absolute Gasteiger partial charge is 0.341 e. The summed E-state index contributed by atoms with van der Waals surface area (Å²) in [5.74, 6) is -1.52. The van der Waals surface area contributed by atoms with Crippen molar-refractivity contribution in [3.8, 4) is 0 Å². The van der Waals surface area contributed by atoms with Gasteiger partial charge < -0.3 is 20.3 Å². The zero-order chi connectivity index (χ0) is 21.7. The monoisotopic (exact) mass is 421 g/mol. The standard InChI is InChI=1S/C24H24FN3O3/c25-20-9-18-21(28(16-5-6-16)13-19(23(18)29)24(30)31)10-22(20)27-8-7-15(12-27)17-4-2-1-3-14(17)11-26/h1-4,9-10,13,15-16H,5-8,11-12,26H2,(H,30,31). The minimum atomic E-state index is -1.29. The van der Waals surface area contributed by atoms with Crippen LogP contribution in [0.5, 0.6) is 0 Å². The van der Waals surface area contributed by atoms with Gasteiger partial charge in [0, 0.05) is 43.2 Å². The van der Waals surface area contributed by atoms with Gasteiger partial charge in [-0.05, 0) is 42.5 Å². The maximum Gasteiger partial charge on any atom is 0.341 e. The van der Waals surface area contributed by atoms with Crippen molar-refractivity contribution in [2.75, 3.05) is 18.0 Å². The first-order valence-corrected chi connectivity index (χ1v) is 10.6. The molecule has 2 aromatic carbocycles. The van der Waals surface area contributed by atoms with Gasteiger partial charge in [-0.15, -0.1) is 0 Å². The number of aromatic nitrogens is 1. The van der Waals surface area contributed by atoms with E-state index in [2.05, 4.69) is 6.07 Å². The Kier molecular flexibility index (Phi) is 4.78. The van der Waals surface area contributed by atoms with E-state index >= 15 is 4.39 Å². The number of rotatable bonds is 5. The Hall–Kier alpha value is -3.19. The van der Waals surface area contributed by atoms with Crippen molar-refractivity contribution >= 4 is 22.6 Å². The van der Waals surface area contributed by atoms with Crippen LogP contribution in [-0.2, 0) is 6.54 Å². The van der Waals surface area contributed by atoms with Crippen LogP contribution >= 0.6 is 0 Å². The van der Waals surface area contributed by atoms with E-state index in [0.29, 0.717) is 30.8 Å². The molecule has 1 aliphatic heterocycles. The number of anilines is 1. The first-order chi connectivity index (χ1) is 15.0. The number of benzene rings is 2. The molecule has 7 heteroatoms. The van der Waals surface area contributed by atoms with Crippen LogP contribution in [0.15, 0.2) is 47.4 Å². The SMILES string of the molecule is NCc1ccccc1C1CCN(c2cc3c(cc2F)c(=O)c(C(=O)O)cn3C2CC2)C1. The number of hydrogen-bond donors (Lipinski definition) is 2. The lowest BCUT2D eigenvalue weighted by Gasteiger charge is -2.22. The van der Waals surface area contributed by atoms with Gasteiger partial charge >= 0.3 is 5.97 Å². The summed E-state index contributed by atoms with van der Waals surface area (Å²) in [5, 5.41) is 9.53. The topological polar surface area (TPSA) is 88.6 Å². The number of carbonyl (C=O) groups is 1. The average Bonchev–Trinajstić information content (AvgIpc) is 3.50. The molecule has 0 radical (unpaired) electrons. The number of carboxylic acid groups (broad SMARTS) is 1. The summed E-state index contributed by atoms with van der Waals surface area (Å²) in [6, 6.07) is 11.2. The quantitative estimate of drug-likeness (QED) is 0.657. The van der Waals surface area contributed by atoms with Crippen LogP contribution in [0.2, 0.25) is 0 Å². The van der Waals surface area contributed by atoms with Crippen molar-refractivity contribution in [2.24, 2.45) is 5.73 Å². The molecular formula is C24H24FN3O3. The van der Waals surface area contributed by atoms with Crippen molar-refractivity contribution in [1.82, 2.24) is 4.57 Å². The Labute approximate surface area is 178 Å². The highest BCUT2D eigenvalue weighted by Crippen LogP contribution is 2.39. The van der Waals surface area contributed by atoms with Crippen molar-refractivity contribution in [3.63, 3.8) is 0 Å². The van der Waals surface area contributed by atoms with E-state index in [0.717, 1.165) is 24.8 Å². The Bertz CT molecular complexity index is 1250. The van der Waals surface area contributed by atoms with Gasteiger partial charge in [0.25, 0.3) is 0 Å². The van der Waals surface area contributed by atoms with E-state index in [1.54, 1.807) is 6.07 Å². The normalized spacial score (nSPS) is 18.6. The lowest BCUT2D eigenvalue weighted by molar-refractivity contribution is 0.0695. The maximum absolute atomic E-state index is 15.2. The molecule has 3 N–H and O–H groups in total. The van der Waals surface area contributed by atoms with Crippen molar-refractivity contribution in [3.05, 3.63) is 75.3 Å². The molecule has 0 amide bonds. The number of hydrogen-bond acceptors (Lipinski definition) is 4. The third-order valence-electron chi connectivity index (χ3n) is 6.52. The second-order valence-corrected chi connectivity index (χ2v) is 8.47. The largest absolute Gasteiger partial charge is 0.477 e. The molecule has 6 nitrogen and oxygen atoms in total. The van der Waals surface area contributed by atoms with Gasteiger partial charge in [-0.1, -0.05) is 24.3 Å². The number of pyridine rings is 1. The number of fused-ring (bicyclic) bond motifs is 1. The number of carboxylic acids is 1. The van der Waals surface area contributed by atoms with Crippen LogP contribution < -0.4 is 16.1 Å². The molecule has 1 saturated heterocycles. The minimum absolute atomic E-state index is 0.122. The average molecular weight is 421 g/mol. The fourth-order valence-corrected chi connectivity index (χ4v) is 4.76. The van der Waals surface area contributed by atoms with Crippen molar-refractivity contribution in [2.45, 2.75) is 37.8 Å². The molecule has 0 spiro atoms. The predicted molar refractivity (Wildman–Crippen MR) is 117 cm³/mol.